The van der Waals surface area contributed by atoms with E-state index in [0.29, 0.717) is 51.6 Å². The van der Waals surface area contributed by atoms with E-state index in [0.717, 1.165) is 31.1 Å². The summed E-state index contributed by atoms with van der Waals surface area (Å²) in [7, 11) is 0. The topological polar surface area (TPSA) is 121 Å². The Morgan fingerprint density at radius 1 is 1.00 bits per heavy atom. The van der Waals surface area contributed by atoms with Crippen molar-refractivity contribution in [3.05, 3.63) is 11.6 Å². The largest absolute Gasteiger partial charge is 0.458 e. The smallest absolute Gasteiger partial charge is 0.331 e. The molecule has 0 bridgehead atoms. The average molecular weight is 575 g/mol. The fourth-order valence-electron chi connectivity index (χ4n) is 10.7. The van der Waals surface area contributed by atoms with Crippen molar-refractivity contribution < 1.29 is 43.5 Å². The number of fused-ring (bicyclic) bond motifs is 6. The van der Waals surface area contributed by atoms with Gasteiger partial charge >= 0.3 is 5.97 Å². The fraction of sp³-hybridized carbons (Fsp3) is 0.875. The molecule has 2 saturated heterocycles. The average Bonchev–Trinajstić information content (AvgIpc) is 3.55. The van der Waals surface area contributed by atoms with E-state index in [1.807, 2.05) is 20.8 Å². The molecule has 0 radical (unpaired) electrons. The number of carbonyl (C=O) groups is 2. The van der Waals surface area contributed by atoms with Gasteiger partial charge in [-0.15, -0.1) is 0 Å². The summed E-state index contributed by atoms with van der Waals surface area (Å²) in [4.78, 5) is 24.9. The van der Waals surface area contributed by atoms with Crippen LogP contribution >= 0.6 is 0 Å². The van der Waals surface area contributed by atoms with Crippen molar-refractivity contribution in [2.75, 3.05) is 6.61 Å². The lowest BCUT2D eigenvalue weighted by atomic mass is 9.41. The molecule has 7 rings (SSSR count). The second-order valence-electron chi connectivity index (χ2n) is 14.9. The summed E-state index contributed by atoms with van der Waals surface area (Å²) in [5, 5.41) is 24.7. The summed E-state index contributed by atoms with van der Waals surface area (Å²) >= 11 is 0. The number of cyclic esters (lactones) is 1. The summed E-state index contributed by atoms with van der Waals surface area (Å²) in [5.74, 6) is -1.02. The monoisotopic (exact) mass is 574 g/mol. The number of hydrogen-bond acceptors (Lipinski definition) is 9. The Balaban J connectivity index is 1.08. The third kappa shape index (κ3) is 4.02. The van der Waals surface area contributed by atoms with Crippen molar-refractivity contribution in [3.63, 3.8) is 0 Å². The van der Waals surface area contributed by atoms with Crippen molar-refractivity contribution in [2.45, 2.75) is 140 Å². The molecule has 228 valence electrons. The predicted molar refractivity (Wildman–Crippen MR) is 145 cm³/mol. The van der Waals surface area contributed by atoms with Gasteiger partial charge in [0.05, 0.1) is 34.9 Å². The summed E-state index contributed by atoms with van der Waals surface area (Å²) in [6.45, 7) is 8.28. The molecule has 0 aromatic heterocycles. The van der Waals surface area contributed by atoms with Gasteiger partial charge in [0, 0.05) is 24.3 Å². The SMILES string of the molecule is C[C@@H]1O[C@H](O[C@@H]2CC[C@]3(C=O)[C@H]4CC[C@]5(C)[C@H](C6=CC(=O)OC6)CC[C@]5(O)[C@@H]4CC[C@]3(O)C2)C[C@H]2OC(C)(C)O[C@@H]12. The third-order valence-electron chi connectivity index (χ3n) is 12.7. The minimum atomic E-state index is -1.19. The summed E-state index contributed by atoms with van der Waals surface area (Å²) in [5.41, 5.74) is -2.44. The zero-order chi connectivity index (χ0) is 29.0. The Labute approximate surface area is 242 Å². The minimum Gasteiger partial charge on any atom is -0.458 e. The van der Waals surface area contributed by atoms with Gasteiger partial charge in [0.25, 0.3) is 0 Å². The molecular weight excluding hydrogens is 528 g/mol. The van der Waals surface area contributed by atoms with E-state index >= 15 is 0 Å². The first kappa shape index (κ1) is 28.4. The van der Waals surface area contributed by atoms with Gasteiger partial charge < -0.3 is 38.7 Å². The quantitative estimate of drug-likeness (QED) is 0.295. The molecule has 0 unspecified atom stereocenters. The zero-order valence-corrected chi connectivity index (χ0v) is 24.8. The van der Waals surface area contributed by atoms with E-state index in [1.165, 1.54) is 0 Å². The van der Waals surface area contributed by atoms with Crippen molar-refractivity contribution >= 4 is 12.3 Å². The van der Waals surface area contributed by atoms with Gasteiger partial charge in [-0.3, -0.25) is 0 Å². The van der Waals surface area contributed by atoms with Crippen molar-refractivity contribution in [2.24, 2.45) is 28.6 Å². The van der Waals surface area contributed by atoms with E-state index < -0.39 is 28.7 Å². The first-order chi connectivity index (χ1) is 19.3. The number of aliphatic hydroxyl groups is 2. The number of hydrogen-bond donors (Lipinski definition) is 2. The lowest BCUT2D eigenvalue weighted by Crippen LogP contribution is -2.69. The highest BCUT2D eigenvalue weighted by atomic mass is 16.8. The molecule has 12 atom stereocenters. The van der Waals surface area contributed by atoms with Crippen LogP contribution in [0, 0.1) is 28.6 Å². The van der Waals surface area contributed by atoms with E-state index in [2.05, 4.69) is 6.92 Å². The molecule has 41 heavy (non-hydrogen) atoms. The van der Waals surface area contributed by atoms with Crippen LogP contribution in [0.5, 0.6) is 0 Å². The van der Waals surface area contributed by atoms with Crippen LogP contribution in [0.1, 0.15) is 91.9 Å². The van der Waals surface area contributed by atoms with Crippen LogP contribution in [0.4, 0.5) is 0 Å². The number of esters is 1. The number of rotatable bonds is 4. The first-order valence-corrected chi connectivity index (χ1v) is 15.8. The maximum Gasteiger partial charge on any atom is 0.331 e. The van der Waals surface area contributed by atoms with Crippen molar-refractivity contribution in [3.8, 4) is 0 Å². The summed E-state index contributed by atoms with van der Waals surface area (Å²) in [6.07, 6.45) is 7.78. The van der Waals surface area contributed by atoms with Gasteiger partial charge in [-0.1, -0.05) is 6.92 Å². The molecule has 3 aliphatic heterocycles. The second-order valence-corrected chi connectivity index (χ2v) is 14.9. The molecular formula is C32H46O9. The first-order valence-electron chi connectivity index (χ1n) is 15.8. The fourth-order valence-corrected chi connectivity index (χ4v) is 10.7. The molecule has 2 N–H and O–H groups in total. The zero-order valence-electron chi connectivity index (χ0n) is 24.8. The molecule has 0 spiro atoms. The molecule has 0 aromatic carbocycles. The van der Waals surface area contributed by atoms with Gasteiger partial charge in [-0.2, -0.15) is 0 Å². The Morgan fingerprint density at radius 3 is 2.51 bits per heavy atom. The number of aldehydes is 1. The van der Waals surface area contributed by atoms with Crippen LogP contribution in [0.15, 0.2) is 11.6 Å². The number of ether oxygens (including phenoxy) is 5. The second kappa shape index (κ2) is 9.32. The van der Waals surface area contributed by atoms with E-state index in [-0.39, 0.29) is 53.6 Å². The van der Waals surface area contributed by atoms with Crippen LogP contribution in [-0.2, 0) is 33.3 Å². The van der Waals surface area contributed by atoms with Gasteiger partial charge in [0.1, 0.15) is 19.0 Å². The van der Waals surface area contributed by atoms with Crippen LogP contribution < -0.4 is 0 Å². The molecule has 4 aliphatic carbocycles. The molecule has 0 aromatic rings. The molecule has 6 fully saturated rings. The summed E-state index contributed by atoms with van der Waals surface area (Å²) in [6, 6.07) is 0. The van der Waals surface area contributed by atoms with Gasteiger partial charge in [-0.25, -0.2) is 4.79 Å². The standard InChI is InChI=1S/C32H46O9/c1-18-27-24(40-28(2,3)41-27)14-26(38-18)39-20-5-10-30(17-33)22-6-9-29(4)21(19-13-25(34)37-16-19)8-12-32(29,36)23(22)7-11-31(30,35)15-20/h13,17-18,20-24,26-27,35-36H,5-12,14-16H2,1-4H3/t18-,20+,21-,22-,23+,24+,26+,27-,29+,30-,31-,32-/m0/s1. The minimum absolute atomic E-state index is 0.0739. The van der Waals surface area contributed by atoms with E-state index in [4.69, 9.17) is 23.7 Å². The Morgan fingerprint density at radius 2 is 1.78 bits per heavy atom. The Kier molecular flexibility index (Phi) is 6.46. The Hall–Kier alpha value is -1.36. The maximum atomic E-state index is 13.1. The van der Waals surface area contributed by atoms with E-state index in [9.17, 15) is 19.8 Å². The highest BCUT2D eigenvalue weighted by molar-refractivity contribution is 5.85. The highest BCUT2D eigenvalue weighted by Crippen LogP contribution is 2.70. The highest BCUT2D eigenvalue weighted by Gasteiger charge is 2.71. The van der Waals surface area contributed by atoms with Gasteiger partial charge in [0.15, 0.2) is 12.1 Å². The molecule has 9 nitrogen and oxygen atoms in total. The molecule has 4 saturated carbocycles. The summed E-state index contributed by atoms with van der Waals surface area (Å²) < 4.78 is 30.0. The van der Waals surface area contributed by atoms with Crippen LogP contribution in [-0.4, -0.2) is 76.8 Å². The lowest BCUT2D eigenvalue weighted by molar-refractivity contribution is -0.278. The molecule has 9 heteroatoms. The lowest BCUT2D eigenvalue weighted by Gasteiger charge is -2.65. The van der Waals surface area contributed by atoms with Gasteiger partial charge in [-0.05, 0) is 95.5 Å². The number of carbonyl (C=O) groups excluding carboxylic acids is 2. The van der Waals surface area contributed by atoms with Crippen molar-refractivity contribution in [1.29, 1.82) is 0 Å². The third-order valence-corrected chi connectivity index (χ3v) is 12.7. The predicted octanol–water partition coefficient (Wildman–Crippen LogP) is 3.58. The van der Waals surface area contributed by atoms with Crippen LogP contribution in [0.25, 0.3) is 0 Å². The molecule has 0 amide bonds. The Bertz CT molecular complexity index is 1140. The van der Waals surface area contributed by atoms with Crippen LogP contribution in [0.3, 0.4) is 0 Å². The maximum absolute atomic E-state index is 13.1. The molecule has 7 aliphatic rings. The molecule has 3 heterocycles. The van der Waals surface area contributed by atoms with Crippen molar-refractivity contribution in [1.82, 2.24) is 0 Å². The normalized spacial score (nSPS) is 53.9. The van der Waals surface area contributed by atoms with Gasteiger partial charge in [0.2, 0.25) is 0 Å². The van der Waals surface area contributed by atoms with E-state index in [1.54, 1.807) is 6.08 Å². The van der Waals surface area contributed by atoms with Crippen LogP contribution in [0.2, 0.25) is 0 Å².